The van der Waals surface area contributed by atoms with Crippen molar-refractivity contribution in [1.82, 2.24) is 15.0 Å². The highest BCUT2D eigenvalue weighted by molar-refractivity contribution is 6.31. The van der Waals surface area contributed by atoms with E-state index in [4.69, 9.17) is 31.0 Å². The monoisotopic (exact) mass is 521 g/mol. The molecule has 0 aliphatic carbocycles. The lowest BCUT2D eigenvalue weighted by Crippen LogP contribution is -2.25. The number of halogens is 1. The van der Waals surface area contributed by atoms with Gasteiger partial charge in [0.1, 0.15) is 11.5 Å². The smallest absolute Gasteiger partial charge is 0.121 e. The van der Waals surface area contributed by atoms with E-state index < -0.39 is 0 Å². The van der Waals surface area contributed by atoms with Gasteiger partial charge in [-0.2, -0.15) is 0 Å². The van der Waals surface area contributed by atoms with Gasteiger partial charge in [-0.15, -0.1) is 0 Å². The fourth-order valence-corrected chi connectivity index (χ4v) is 4.85. The molecule has 8 heteroatoms. The zero-order valence-electron chi connectivity index (χ0n) is 20.9. The normalized spacial score (nSPS) is 11.1. The molecule has 0 saturated carbocycles. The van der Waals surface area contributed by atoms with Gasteiger partial charge in [0, 0.05) is 57.6 Å². The number of rotatable bonds is 7. The summed E-state index contributed by atoms with van der Waals surface area (Å²) in [6.45, 7) is 0.402. The Morgan fingerprint density at radius 3 is 1.97 bits per heavy atom. The Bertz CT molecular complexity index is 1710. The van der Waals surface area contributed by atoms with Crippen LogP contribution >= 0.6 is 11.6 Å². The topological polar surface area (TPSA) is 72.4 Å². The number of nitrogens with one attached hydrogen (secondary N) is 1. The van der Waals surface area contributed by atoms with E-state index in [1.807, 2.05) is 72.8 Å². The molecule has 0 aliphatic heterocycles. The minimum Gasteiger partial charge on any atom is -0.497 e. The third kappa shape index (κ3) is 4.37. The van der Waals surface area contributed by atoms with Crippen LogP contribution in [0.4, 0.5) is 17.1 Å². The molecule has 7 nitrogen and oxygen atoms in total. The SMILES string of the molecule is COc1cc(N(CNc2ccnc3cc(Cl)ccc23)c2cc(OC)cc3cccnc23)c2ncccc2c1. The van der Waals surface area contributed by atoms with Crippen LogP contribution in [0.1, 0.15) is 0 Å². The number of anilines is 3. The highest BCUT2D eigenvalue weighted by Crippen LogP contribution is 2.39. The van der Waals surface area contributed by atoms with Crippen LogP contribution in [0, 0.1) is 0 Å². The van der Waals surface area contributed by atoms with Crippen LogP contribution in [0.25, 0.3) is 32.7 Å². The zero-order valence-corrected chi connectivity index (χ0v) is 21.6. The van der Waals surface area contributed by atoms with Crippen LogP contribution < -0.4 is 19.7 Å². The van der Waals surface area contributed by atoms with Crippen molar-refractivity contribution in [2.24, 2.45) is 0 Å². The minimum absolute atomic E-state index is 0.402. The molecule has 0 fully saturated rings. The summed E-state index contributed by atoms with van der Waals surface area (Å²) in [4.78, 5) is 16.1. The molecule has 6 aromatic rings. The van der Waals surface area contributed by atoms with Gasteiger partial charge in [0.15, 0.2) is 0 Å². The van der Waals surface area contributed by atoms with Crippen LogP contribution in [0.15, 0.2) is 91.4 Å². The molecule has 0 atom stereocenters. The molecular formula is C30H24ClN5O2. The Hall–Kier alpha value is -4.62. The summed E-state index contributed by atoms with van der Waals surface area (Å²) in [5.41, 5.74) is 5.16. The Morgan fingerprint density at radius 2 is 1.37 bits per heavy atom. The van der Waals surface area contributed by atoms with Crippen molar-refractivity contribution in [3.05, 3.63) is 96.4 Å². The molecule has 0 saturated heterocycles. The fraction of sp³-hybridized carbons (Fsp3) is 0.100. The van der Waals surface area contributed by atoms with Crippen molar-refractivity contribution in [1.29, 1.82) is 0 Å². The molecule has 0 spiro atoms. The van der Waals surface area contributed by atoms with Crippen molar-refractivity contribution in [2.45, 2.75) is 0 Å². The Labute approximate surface area is 224 Å². The van der Waals surface area contributed by atoms with E-state index in [9.17, 15) is 0 Å². The van der Waals surface area contributed by atoms with E-state index in [1.165, 1.54) is 0 Å². The summed E-state index contributed by atoms with van der Waals surface area (Å²) >= 11 is 6.22. The first kappa shape index (κ1) is 23.8. The number of fused-ring (bicyclic) bond motifs is 3. The molecule has 3 aromatic heterocycles. The van der Waals surface area contributed by atoms with Gasteiger partial charge in [0.25, 0.3) is 0 Å². The van der Waals surface area contributed by atoms with Crippen LogP contribution in [-0.4, -0.2) is 35.8 Å². The van der Waals surface area contributed by atoms with E-state index in [0.717, 1.165) is 61.3 Å². The first-order valence-electron chi connectivity index (χ1n) is 12.1. The van der Waals surface area contributed by atoms with Crippen LogP contribution in [0.2, 0.25) is 5.02 Å². The van der Waals surface area contributed by atoms with E-state index in [-0.39, 0.29) is 0 Å². The summed E-state index contributed by atoms with van der Waals surface area (Å²) in [5, 5.41) is 7.17. The number of hydrogen-bond acceptors (Lipinski definition) is 7. The van der Waals surface area contributed by atoms with Crippen LogP contribution in [-0.2, 0) is 0 Å². The largest absolute Gasteiger partial charge is 0.497 e. The number of nitrogens with zero attached hydrogens (tertiary/aromatic N) is 4. The van der Waals surface area contributed by atoms with Gasteiger partial charge in [-0.1, -0.05) is 23.7 Å². The molecule has 188 valence electrons. The molecule has 0 radical (unpaired) electrons. The first-order valence-corrected chi connectivity index (χ1v) is 12.4. The average molecular weight is 522 g/mol. The second-order valence-corrected chi connectivity index (χ2v) is 9.16. The Morgan fingerprint density at radius 1 is 0.737 bits per heavy atom. The quantitative estimate of drug-likeness (QED) is 0.222. The van der Waals surface area contributed by atoms with E-state index in [1.54, 1.807) is 32.8 Å². The standard InChI is InChI=1S/C30H24ClN5O2/c1-37-22-13-19-5-3-10-33-29(19)27(16-22)36(28-17-23(38-2)14-20-6-4-11-34-30(20)28)18-35-25-9-12-32-26-15-21(31)7-8-24(25)26/h3-17H,18H2,1-2H3,(H,32,35). The summed E-state index contributed by atoms with van der Waals surface area (Å²) in [7, 11) is 3.33. The van der Waals surface area contributed by atoms with Gasteiger partial charge in [0.2, 0.25) is 0 Å². The molecular weight excluding hydrogens is 498 g/mol. The number of methoxy groups -OCH3 is 2. The van der Waals surface area contributed by atoms with Crippen LogP contribution in [0.3, 0.4) is 0 Å². The molecule has 0 bridgehead atoms. The average Bonchev–Trinajstić information content (AvgIpc) is 2.96. The number of ether oxygens (including phenoxy) is 2. The number of pyridine rings is 3. The van der Waals surface area contributed by atoms with E-state index in [0.29, 0.717) is 11.7 Å². The van der Waals surface area contributed by atoms with Gasteiger partial charge in [-0.05, 0) is 48.5 Å². The van der Waals surface area contributed by atoms with Crippen molar-refractivity contribution in [2.75, 3.05) is 31.1 Å². The number of benzene rings is 3. The number of hydrogen-bond donors (Lipinski definition) is 1. The lowest BCUT2D eigenvalue weighted by molar-refractivity contribution is 0.415. The second kappa shape index (κ2) is 10.0. The molecule has 1 N–H and O–H groups in total. The Balaban J connectivity index is 1.55. The highest BCUT2D eigenvalue weighted by Gasteiger charge is 2.20. The number of aromatic nitrogens is 3. The molecule has 0 aliphatic rings. The van der Waals surface area contributed by atoms with Crippen molar-refractivity contribution in [3.63, 3.8) is 0 Å². The van der Waals surface area contributed by atoms with E-state index in [2.05, 4.69) is 15.2 Å². The maximum Gasteiger partial charge on any atom is 0.121 e. The summed E-state index contributed by atoms with van der Waals surface area (Å²) in [6.07, 6.45) is 5.37. The molecule has 38 heavy (non-hydrogen) atoms. The predicted octanol–water partition coefficient (Wildman–Crippen LogP) is 7.21. The Kier molecular flexibility index (Phi) is 6.27. The fourth-order valence-electron chi connectivity index (χ4n) is 4.68. The zero-order chi connectivity index (χ0) is 26.1. The third-order valence-corrected chi connectivity index (χ3v) is 6.74. The second-order valence-electron chi connectivity index (χ2n) is 8.73. The van der Waals surface area contributed by atoms with Crippen molar-refractivity contribution in [3.8, 4) is 11.5 Å². The third-order valence-electron chi connectivity index (χ3n) is 6.50. The van der Waals surface area contributed by atoms with Gasteiger partial charge in [-0.3, -0.25) is 15.0 Å². The van der Waals surface area contributed by atoms with Crippen molar-refractivity contribution >= 4 is 61.4 Å². The van der Waals surface area contributed by atoms with Gasteiger partial charge in [0.05, 0.1) is 48.8 Å². The molecule has 6 rings (SSSR count). The van der Waals surface area contributed by atoms with E-state index >= 15 is 0 Å². The summed E-state index contributed by atoms with van der Waals surface area (Å²) in [6, 6.07) is 23.5. The lowest BCUT2D eigenvalue weighted by Gasteiger charge is -2.28. The van der Waals surface area contributed by atoms with Gasteiger partial charge in [-0.25, -0.2) is 0 Å². The maximum atomic E-state index is 6.22. The highest BCUT2D eigenvalue weighted by atomic mass is 35.5. The molecule has 3 aromatic carbocycles. The molecule has 0 unspecified atom stereocenters. The summed E-state index contributed by atoms with van der Waals surface area (Å²) in [5.74, 6) is 1.46. The minimum atomic E-state index is 0.402. The molecule has 0 amide bonds. The first-order chi connectivity index (χ1) is 18.6. The summed E-state index contributed by atoms with van der Waals surface area (Å²) < 4.78 is 11.4. The van der Waals surface area contributed by atoms with Crippen molar-refractivity contribution < 1.29 is 9.47 Å². The van der Waals surface area contributed by atoms with Crippen LogP contribution in [0.5, 0.6) is 11.5 Å². The van der Waals surface area contributed by atoms with Gasteiger partial charge < -0.3 is 19.7 Å². The maximum absolute atomic E-state index is 6.22. The molecule has 3 heterocycles. The van der Waals surface area contributed by atoms with Gasteiger partial charge >= 0.3 is 0 Å². The lowest BCUT2D eigenvalue weighted by atomic mass is 10.1. The predicted molar refractivity (Wildman–Crippen MR) is 154 cm³/mol.